The van der Waals surface area contributed by atoms with E-state index >= 15 is 0 Å². The molecule has 0 amide bonds. The Morgan fingerprint density at radius 2 is 1.79 bits per heavy atom. The van der Waals surface area contributed by atoms with Gasteiger partial charge >= 0.3 is 5.97 Å². The zero-order valence-electron chi connectivity index (χ0n) is 14.2. The molecule has 0 aliphatic carbocycles. The van der Waals surface area contributed by atoms with Gasteiger partial charge in [0.15, 0.2) is 0 Å². The standard InChI is InChI=1S/C19H28O5/c1-15(20)8-4-2-7-11-17(21)18(12-13-19(22)23)24-14-16-9-5-3-6-10-16/h3,5-6,9-10,12-13,15,17-18,20-21H,2,4,7-8,11,14H2,1H3,(H,22,23)/b13-12+/t15-,17+,18+/m0/s1. The van der Waals surface area contributed by atoms with Crippen LogP contribution in [0.4, 0.5) is 0 Å². The lowest BCUT2D eigenvalue weighted by atomic mass is 10.0. The molecule has 0 heterocycles. The maximum atomic E-state index is 10.7. The van der Waals surface area contributed by atoms with Crippen molar-refractivity contribution in [1.82, 2.24) is 0 Å². The summed E-state index contributed by atoms with van der Waals surface area (Å²) in [5.41, 5.74) is 0.968. The summed E-state index contributed by atoms with van der Waals surface area (Å²) < 4.78 is 5.70. The smallest absolute Gasteiger partial charge is 0.328 e. The third-order valence-corrected chi connectivity index (χ3v) is 3.71. The number of carboxylic acids is 1. The van der Waals surface area contributed by atoms with Crippen LogP contribution in [0.5, 0.6) is 0 Å². The maximum absolute atomic E-state index is 10.7. The number of benzene rings is 1. The van der Waals surface area contributed by atoms with Gasteiger partial charge in [-0.1, -0.05) is 49.6 Å². The fourth-order valence-electron chi connectivity index (χ4n) is 2.37. The van der Waals surface area contributed by atoms with Crippen LogP contribution in [0, 0.1) is 0 Å². The molecule has 24 heavy (non-hydrogen) atoms. The number of rotatable bonds is 12. The summed E-state index contributed by atoms with van der Waals surface area (Å²) in [6.45, 7) is 2.08. The van der Waals surface area contributed by atoms with Crippen LogP contribution in [0.2, 0.25) is 0 Å². The van der Waals surface area contributed by atoms with Gasteiger partial charge in [-0.2, -0.15) is 0 Å². The van der Waals surface area contributed by atoms with Gasteiger partial charge in [-0.25, -0.2) is 4.79 Å². The number of aliphatic hydroxyl groups excluding tert-OH is 2. The molecule has 1 aromatic carbocycles. The highest BCUT2D eigenvalue weighted by atomic mass is 16.5. The van der Waals surface area contributed by atoms with Crippen molar-refractivity contribution in [2.75, 3.05) is 0 Å². The second-order valence-electron chi connectivity index (χ2n) is 6.01. The highest BCUT2D eigenvalue weighted by Crippen LogP contribution is 2.14. The van der Waals surface area contributed by atoms with Crippen molar-refractivity contribution in [3.05, 3.63) is 48.0 Å². The predicted molar refractivity (Wildman–Crippen MR) is 92.6 cm³/mol. The van der Waals surface area contributed by atoms with Crippen molar-refractivity contribution in [3.8, 4) is 0 Å². The Morgan fingerprint density at radius 1 is 1.12 bits per heavy atom. The number of aliphatic carboxylic acids is 1. The Kier molecular flexibility index (Phi) is 10.00. The Morgan fingerprint density at radius 3 is 2.42 bits per heavy atom. The molecule has 5 nitrogen and oxygen atoms in total. The molecule has 0 saturated heterocycles. The Hall–Kier alpha value is -1.69. The molecule has 0 unspecified atom stereocenters. The Balaban J connectivity index is 2.46. The summed E-state index contributed by atoms with van der Waals surface area (Å²) in [6.07, 6.45) is 4.61. The number of hydrogen-bond acceptors (Lipinski definition) is 4. The van der Waals surface area contributed by atoms with Crippen molar-refractivity contribution >= 4 is 5.97 Å². The second kappa shape index (κ2) is 11.8. The fraction of sp³-hybridized carbons (Fsp3) is 0.526. The maximum Gasteiger partial charge on any atom is 0.328 e. The summed E-state index contributed by atoms with van der Waals surface area (Å²) in [6, 6.07) is 9.55. The average Bonchev–Trinajstić information content (AvgIpc) is 2.54. The number of hydrogen-bond donors (Lipinski definition) is 3. The first-order valence-electron chi connectivity index (χ1n) is 8.42. The van der Waals surface area contributed by atoms with Crippen molar-refractivity contribution in [1.29, 1.82) is 0 Å². The van der Waals surface area contributed by atoms with Crippen molar-refractivity contribution < 1.29 is 24.9 Å². The van der Waals surface area contributed by atoms with Gasteiger partial charge in [0.05, 0.1) is 18.8 Å². The third kappa shape index (κ3) is 9.45. The van der Waals surface area contributed by atoms with E-state index in [1.165, 1.54) is 6.08 Å². The van der Waals surface area contributed by atoms with Gasteiger partial charge in [0.1, 0.15) is 6.10 Å². The van der Waals surface area contributed by atoms with E-state index in [9.17, 15) is 15.0 Å². The summed E-state index contributed by atoms with van der Waals surface area (Å²) >= 11 is 0. The normalized spacial score (nSPS) is 15.3. The molecule has 0 fully saturated rings. The van der Waals surface area contributed by atoms with Crippen molar-refractivity contribution in [2.45, 2.75) is 63.9 Å². The average molecular weight is 336 g/mol. The van der Waals surface area contributed by atoms with Gasteiger partial charge < -0.3 is 20.1 Å². The van der Waals surface area contributed by atoms with E-state index in [0.29, 0.717) is 13.0 Å². The van der Waals surface area contributed by atoms with E-state index in [2.05, 4.69) is 0 Å². The van der Waals surface area contributed by atoms with Crippen molar-refractivity contribution in [2.24, 2.45) is 0 Å². The molecule has 134 valence electrons. The van der Waals surface area contributed by atoms with E-state index < -0.39 is 18.2 Å². The first-order chi connectivity index (χ1) is 11.5. The summed E-state index contributed by atoms with van der Waals surface area (Å²) in [4.78, 5) is 10.7. The van der Waals surface area contributed by atoms with Crippen LogP contribution in [0.15, 0.2) is 42.5 Å². The molecule has 0 spiro atoms. The molecule has 0 radical (unpaired) electrons. The summed E-state index contributed by atoms with van der Waals surface area (Å²) in [5.74, 6) is -1.06. The third-order valence-electron chi connectivity index (χ3n) is 3.71. The molecule has 0 aromatic heterocycles. The molecule has 1 rings (SSSR count). The molecule has 3 atom stereocenters. The number of carboxylic acid groups (broad SMARTS) is 1. The molecule has 0 aliphatic rings. The van der Waals surface area contributed by atoms with Crippen LogP contribution < -0.4 is 0 Å². The number of unbranched alkanes of at least 4 members (excludes halogenated alkanes) is 2. The Bertz CT molecular complexity index is 484. The van der Waals surface area contributed by atoms with Crippen LogP contribution in [-0.2, 0) is 16.1 Å². The molecule has 0 bridgehead atoms. The summed E-state index contributed by atoms with van der Waals surface area (Å²) in [7, 11) is 0. The zero-order chi connectivity index (χ0) is 17.8. The molecule has 0 saturated carbocycles. The van der Waals surface area contributed by atoms with E-state index in [-0.39, 0.29) is 6.10 Å². The molecule has 3 N–H and O–H groups in total. The Labute approximate surface area is 143 Å². The van der Waals surface area contributed by atoms with Gasteiger partial charge in [-0.15, -0.1) is 0 Å². The van der Waals surface area contributed by atoms with Crippen molar-refractivity contribution in [3.63, 3.8) is 0 Å². The minimum Gasteiger partial charge on any atom is -0.478 e. The highest BCUT2D eigenvalue weighted by molar-refractivity contribution is 5.79. The monoisotopic (exact) mass is 336 g/mol. The van der Waals surface area contributed by atoms with Gasteiger partial charge in [0, 0.05) is 6.08 Å². The second-order valence-corrected chi connectivity index (χ2v) is 6.01. The first kappa shape index (κ1) is 20.4. The van der Waals surface area contributed by atoms with Gasteiger partial charge in [-0.3, -0.25) is 0 Å². The molecular formula is C19H28O5. The minimum atomic E-state index is -1.06. The van der Waals surface area contributed by atoms with Gasteiger partial charge in [-0.05, 0) is 31.4 Å². The van der Waals surface area contributed by atoms with Gasteiger partial charge in [0.2, 0.25) is 0 Å². The van der Waals surface area contributed by atoms with E-state index in [1.807, 2.05) is 30.3 Å². The molecule has 0 aliphatic heterocycles. The lowest BCUT2D eigenvalue weighted by Crippen LogP contribution is -2.27. The van der Waals surface area contributed by atoms with Gasteiger partial charge in [0.25, 0.3) is 0 Å². The highest BCUT2D eigenvalue weighted by Gasteiger charge is 2.17. The quantitative estimate of drug-likeness (QED) is 0.403. The lowest BCUT2D eigenvalue weighted by molar-refractivity contribution is -0.131. The van der Waals surface area contributed by atoms with E-state index in [0.717, 1.165) is 37.3 Å². The molecule has 1 aromatic rings. The number of ether oxygens (including phenoxy) is 1. The predicted octanol–water partition coefficient (Wildman–Crippen LogP) is 2.90. The molecule has 5 heteroatoms. The zero-order valence-corrected chi connectivity index (χ0v) is 14.2. The summed E-state index contributed by atoms with van der Waals surface area (Å²) in [5, 5.41) is 28.3. The fourth-order valence-corrected chi connectivity index (χ4v) is 2.37. The number of carbonyl (C=O) groups is 1. The van der Waals surface area contributed by atoms with E-state index in [1.54, 1.807) is 6.92 Å². The number of aliphatic hydroxyl groups is 2. The SMILES string of the molecule is C[C@H](O)CCCCC[C@@H](O)[C@@H](/C=C/C(=O)O)OCc1ccccc1. The molecular weight excluding hydrogens is 308 g/mol. The van der Waals surface area contributed by atoms with Crippen LogP contribution in [0.25, 0.3) is 0 Å². The van der Waals surface area contributed by atoms with E-state index in [4.69, 9.17) is 9.84 Å². The van der Waals surface area contributed by atoms with Crippen LogP contribution in [0.1, 0.15) is 44.6 Å². The van der Waals surface area contributed by atoms with Crippen LogP contribution in [-0.4, -0.2) is 39.6 Å². The topological polar surface area (TPSA) is 87.0 Å². The van der Waals surface area contributed by atoms with Crippen LogP contribution in [0.3, 0.4) is 0 Å². The first-order valence-corrected chi connectivity index (χ1v) is 8.42. The largest absolute Gasteiger partial charge is 0.478 e. The van der Waals surface area contributed by atoms with Crippen LogP contribution >= 0.6 is 0 Å². The lowest BCUT2D eigenvalue weighted by Gasteiger charge is -2.20. The minimum absolute atomic E-state index is 0.296.